The van der Waals surface area contributed by atoms with Crippen molar-refractivity contribution in [3.8, 4) is 0 Å². The second-order valence-electron chi connectivity index (χ2n) is 9.71. The number of amides is 2. The van der Waals surface area contributed by atoms with Crippen molar-refractivity contribution in [3.63, 3.8) is 0 Å². The number of benzene rings is 3. The van der Waals surface area contributed by atoms with Crippen LogP contribution in [-0.2, 0) is 16.4 Å². The third-order valence-corrected chi connectivity index (χ3v) is 9.23. The molecule has 0 aliphatic carbocycles. The lowest BCUT2D eigenvalue weighted by Gasteiger charge is -2.24. The minimum atomic E-state index is -4.00. The highest BCUT2D eigenvalue weighted by Crippen LogP contribution is 2.38. The quantitative estimate of drug-likeness (QED) is 0.469. The third-order valence-electron chi connectivity index (χ3n) is 7.12. The van der Waals surface area contributed by atoms with Crippen LogP contribution in [0, 0.1) is 0 Å². The van der Waals surface area contributed by atoms with E-state index in [1.165, 1.54) is 60.9 Å². The Balaban J connectivity index is 1.47. The van der Waals surface area contributed by atoms with Gasteiger partial charge in [0.25, 0.3) is 11.8 Å². The Morgan fingerprint density at radius 1 is 0.895 bits per heavy atom. The summed E-state index contributed by atoms with van der Waals surface area (Å²) in [6.07, 6.45) is 4.84. The lowest BCUT2D eigenvalue weighted by atomic mass is 10.1. The minimum Gasteiger partial charge on any atom is -0.351 e. The monoisotopic (exact) mass is 551 g/mol. The van der Waals surface area contributed by atoms with Gasteiger partial charge in [-0.25, -0.2) is 8.42 Å². The molecule has 0 aromatic heterocycles. The molecular formula is C29H30ClN3O4S. The molecular weight excluding hydrogens is 522 g/mol. The number of rotatable bonds is 6. The lowest BCUT2D eigenvalue weighted by Crippen LogP contribution is -2.35. The lowest BCUT2D eigenvalue weighted by molar-refractivity contribution is 0.0945. The molecule has 5 rings (SSSR count). The summed E-state index contributed by atoms with van der Waals surface area (Å²) >= 11 is 6.04. The van der Waals surface area contributed by atoms with Gasteiger partial charge >= 0.3 is 0 Å². The van der Waals surface area contributed by atoms with E-state index in [0.717, 1.165) is 25.2 Å². The van der Waals surface area contributed by atoms with Gasteiger partial charge in [-0.15, -0.1) is 0 Å². The third kappa shape index (κ3) is 5.48. The van der Waals surface area contributed by atoms with Crippen molar-refractivity contribution in [3.05, 3.63) is 88.4 Å². The number of nitrogens with zero attached hydrogens (tertiary/aromatic N) is 2. The first-order valence-corrected chi connectivity index (χ1v) is 14.8. The van der Waals surface area contributed by atoms with Crippen LogP contribution in [0.25, 0.3) is 0 Å². The van der Waals surface area contributed by atoms with Gasteiger partial charge in [-0.1, -0.05) is 48.7 Å². The predicted octanol–water partition coefficient (Wildman–Crippen LogP) is 4.94. The van der Waals surface area contributed by atoms with Crippen molar-refractivity contribution < 1.29 is 18.0 Å². The van der Waals surface area contributed by atoms with Gasteiger partial charge in [0.05, 0.1) is 27.6 Å². The van der Waals surface area contributed by atoms with E-state index < -0.39 is 15.7 Å². The van der Waals surface area contributed by atoms with Gasteiger partial charge in [-0.3, -0.25) is 9.59 Å². The maximum absolute atomic E-state index is 13.7. The molecule has 2 aliphatic heterocycles. The summed E-state index contributed by atoms with van der Waals surface area (Å²) in [7, 11) is -4.00. The highest BCUT2D eigenvalue weighted by Gasteiger charge is 2.36. The molecule has 0 unspecified atom stereocenters. The number of sulfone groups is 1. The summed E-state index contributed by atoms with van der Waals surface area (Å²) in [6.45, 7) is 3.45. The molecule has 2 aliphatic rings. The number of hydrogen-bond donors (Lipinski definition) is 1. The molecule has 1 saturated heterocycles. The molecule has 2 heterocycles. The highest BCUT2D eigenvalue weighted by molar-refractivity contribution is 7.91. The van der Waals surface area contributed by atoms with Crippen molar-refractivity contribution >= 4 is 38.9 Å². The zero-order valence-electron chi connectivity index (χ0n) is 21.0. The van der Waals surface area contributed by atoms with Gasteiger partial charge in [-0.05, 0) is 74.0 Å². The van der Waals surface area contributed by atoms with E-state index in [2.05, 4.69) is 10.2 Å². The zero-order valence-corrected chi connectivity index (χ0v) is 22.6. The van der Waals surface area contributed by atoms with E-state index in [1.807, 2.05) is 0 Å². The van der Waals surface area contributed by atoms with E-state index in [4.69, 9.17) is 11.6 Å². The first-order chi connectivity index (χ1) is 18.3. The Labute approximate surface area is 228 Å². The zero-order chi connectivity index (χ0) is 26.7. The van der Waals surface area contributed by atoms with E-state index in [0.29, 0.717) is 17.1 Å². The normalized spacial score (nSPS) is 17.2. The van der Waals surface area contributed by atoms with E-state index >= 15 is 0 Å². The number of hydrogen-bond acceptors (Lipinski definition) is 5. The molecule has 1 fully saturated rings. The maximum atomic E-state index is 13.7. The number of nitrogens with one attached hydrogen (secondary N) is 1. The van der Waals surface area contributed by atoms with Crippen LogP contribution < -0.4 is 10.2 Å². The SMILES string of the molecule is O=C(NCCN1CCCCCC1)c1ccc2c(c1)N(Cc1ccc(Cl)cc1)C(=O)c1ccccc1S2(=O)=O. The van der Waals surface area contributed by atoms with Crippen LogP contribution in [-0.4, -0.2) is 51.3 Å². The van der Waals surface area contributed by atoms with Crippen LogP contribution in [0.3, 0.4) is 0 Å². The van der Waals surface area contributed by atoms with E-state index in [9.17, 15) is 18.0 Å². The molecule has 0 spiro atoms. The van der Waals surface area contributed by atoms with Crippen molar-refractivity contribution in [2.45, 2.75) is 42.0 Å². The van der Waals surface area contributed by atoms with Crippen LogP contribution in [0.5, 0.6) is 0 Å². The minimum absolute atomic E-state index is 0.00844. The maximum Gasteiger partial charge on any atom is 0.259 e. The summed E-state index contributed by atoms with van der Waals surface area (Å²) < 4.78 is 27.3. The largest absolute Gasteiger partial charge is 0.351 e. The molecule has 2 amide bonds. The van der Waals surface area contributed by atoms with Gasteiger partial charge in [0.1, 0.15) is 0 Å². The summed E-state index contributed by atoms with van der Waals surface area (Å²) in [5.41, 5.74) is 1.36. The molecule has 198 valence electrons. The molecule has 0 saturated carbocycles. The van der Waals surface area contributed by atoms with Crippen LogP contribution in [0.4, 0.5) is 5.69 Å². The Bertz CT molecular complexity index is 1450. The first kappa shape index (κ1) is 26.4. The number of halogens is 1. The van der Waals surface area contributed by atoms with E-state index in [-0.39, 0.29) is 33.5 Å². The smallest absolute Gasteiger partial charge is 0.259 e. The fourth-order valence-electron chi connectivity index (χ4n) is 5.07. The Morgan fingerprint density at radius 2 is 1.61 bits per heavy atom. The van der Waals surface area contributed by atoms with Gasteiger partial charge < -0.3 is 15.1 Å². The van der Waals surface area contributed by atoms with Crippen LogP contribution in [0.1, 0.15) is 52.0 Å². The van der Waals surface area contributed by atoms with Crippen molar-refractivity contribution in [2.24, 2.45) is 0 Å². The fourth-order valence-corrected chi connectivity index (χ4v) is 6.82. The van der Waals surface area contributed by atoms with Gasteiger partial charge in [0, 0.05) is 23.7 Å². The molecule has 0 atom stereocenters. The van der Waals surface area contributed by atoms with Gasteiger partial charge in [-0.2, -0.15) is 0 Å². The van der Waals surface area contributed by atoms with Crippen molar-refractivity contribution in [2.75, 3.05) is 31.1 Å². The number of anilines is 1. The number of carbonyl (C=O) groups is 2. The highest BCUT2D eigenvalue weighted by atomic mass is 35.5. The topological polar surface area (TPSA) is 86.8 Å². The number of carbonyl (C=O) groups excluding carboxylic acids is 2. The Hall–Kier alpha value is -3.20. The standard InChI is InChI=1S/C29H30ClN3O4S/c30-23-12-9-21(10-13-23)20-33-25-19-22(28(34)31-15-18-32-16-5-1-2-6-17-32)11-14-27(25)38(36,37)26-8-4-3-7-24(26)29(33)35/h3-4,7-14,19H,1-2,5-6,15-18,20H2,(H,31,34). The average molecular weight is 552 g/mol. The summed E-state index contributed by atoms with van der Waals surface area (Å²) in [5, 5.41) is 3.52. The van der Waals surface area contributed by atoms with Gasteiger partial charge in [0.15, 0.2) is 0 Å². The van der Waals surface area contributed by atoms with Gasteiger partial charge in [0.2, 0.25) is 9.84 Å². The molecule has 7 nitrogen and oxygen atoms in total. The van der Waals surface area contributed by atoms with Crippen molar-refractivity contribution in [1.29, 1.82) is 0 Å². The molecule has 38 heavy (non-hydrogen) atoms. The molecule has 3 aromatic rings. The molecule has 9 heteroatoms. The summed E-state index contributed by atoms with van der Waals surface area (Å²) in [4.78, 5) is 30.6. The average Bonchev–Trinajstić information content (AvgIpc) is 3.23. The van der Waals surface area contributed by atoms with Crippen LogP contribution in [0.15, 0.2) is 76.5 Å². The second kappa shape index (κ2) is 11.3. The van der Waals surface area contributed by atoms with E-state index in [1.54, 1.807) is 36.4 Å². The summed E-state index contributed by atoms with van der Waals surface area (Å²) in [5.74, 6) is -0.753. The molecule has 0 radical (unpaired) electrons. The second-order valence-corrected chi connectivity index (χ2v) is 12.0. The van der Waals surface area contributed by atoms with Crippen LogP contribution in [0.2, 0.25) is 5.02 Å². The van der Waals surface area contributed by atoms with Crippen LogP contribution >= 0.6 is 11.6 Å². The number of likely N-dealkylation sites (tertiary alicyclic amines) is 1. The Kier molecular flexibility index (Phi) is 7.83. The molecule has 0 bridgehead atoms. The first-order valence-electron chi connectivity index (χ1n) is 12.9. The number of fused-ring (bicyclic) bond motifs is 2. The predicted molar refractivity (Wildman–Crippen MR) is 148 cm³/mol. The van der Waals surface area contributed by atoms with Crippen molar-refractivity contribution in [1.82, 2.24) is 10.2 Å². The molecule has 3 aromatic carbocycles. The fraction of sp³-hybridized carbons (Fsp3) is 0.310. The molecule has 1 N–H and O–H groups in total. The Morgan fingerprint density at radius 3 is 2.34 bits per heavy atom. The summed E-state index contributed by atoms with van der Waals surface area (Å²) in [6, 6.07) is 17.7.